The maximum Gasteiger partial charge on any atom is 0.261 e. The monoisotopic (exact) mass is 342 g/mol. The van der Waals surface area contributed by atoms with Crippen LogP contribution in [-0.4, -0.2) is 15.3 Å². The van der Waals surface area contributed by atoms with Crippen LogP contribution in [0.15, 0.2) is 47.3 Å². The molecule has 26 heavy (non-hydrogen) atoms. The standard InChI is InChI=1S/C22H18N2O2/c1-15-3-2-4-16(13-15)5-6-17-7-9-19-20(14-17)23-21-10-8-18(25)11-12-24(21)22(19)26/h2-4,7,9,13-14H,8,10-12H2,1H3. The van der Waals surface area contributed by atoms with E-state index in [-0.39, 0.29) is 11.3 Å². The molecular formula is C22H18N2O2. The first-order valence-corrected chi connectivity index (χ1v) is 8.74. The zero-order chi connectivity index (χ0) is 18.1. The number of ketones is 1. The van der Waals surface area contributed by atoms with Gasteiger partial charge < -0.3 is 0 Å². The highest BCUT2D eigenvalue weighted by molar-refractivity contribution is 5.81. The number of aryl methyl sites for hydroxylation is 2. The Hall–Kier alpha value is -3.19. The van der Waals surface area contributed by atoms with Gasteiger partial charge in [-0.1, -0.05) is 24.0 Å². The number of rotatable bonds is 0. The van der Waals surface area contributed by atoms with E-state index in [2.05, 4.69) is 16.8 Å². The van der Waals surface area contributed by atoms with Crippen LogP contribution in [0.25, 0.3) is 10.9 Å². The Bertz CT molecular complexity index is 1150. The van der Waals surface area contributed by atoms with E-state index < -0.39 is 0 Å². The molecule has 0 saturated carbocycles. The molecule has 4 rings (SSSR count). The molecule has 4 nitrogen and oxygen atoms in total. The average molecular weight is 342 g/mol. The molecule has 0 fully saturated rings. The second-order valence-electron chi connectivity index (χ2n) is 6.62. The number of hydrogen-bond donors (Lipinski definition) is 0. The van der Waals surface area contributed by atoms with Crippen molar-refractivity contribution in [2.45, 2.75) is 32.7 Å². The lowest BCUT2D eigenvalue weighted by Crippen LogP contribution is -2.24. The molecule has 0 spiro atoms. The molecule has 4 heteroatoms. The van der Waals surface area contributed by atoms with Crippen LogP contribution in [0, 0.1) is 18.8 Å². The molecule has 0 unspecified atom stereocenters. The quantitative estimate of drug-likeness (QED) is 0.590. The minimum atomic E-state index is -0.0714. The smallest absolute Gasteiger partial charge is 0.261 e. The summed E-state index contributed by atoms with van der Waals surface area (Å²) in [7, 11) is 0. The van der Waals surface area contributed by atoms with Crippen molar-refractivity contribution < 1.29 is 4.79 Å². The number of benzene rings is 2. The van der Waals surface area contributed by atoms with Crippen molar-refractivity contribution in [2.75, 3.05) is 0 Å². The van der Waals surface area contributed by atoms with Crippen LogP contribution < -0.4 is 5.56 Å². The summed E-state index contributed by atoms with van der Waals surface area (Å²) in [6.07, 6.45) is 1.37. The Labute approximate surface area is 151 Å². The van der Waals surface area contributed by atoms with Gasteiger partial charge in [0.2, 0.25) is 0 Å². The van der Waals surface area contributed by atoms with Gasteiger partial charge in [-0.25, -0.2) is 4.98 Å². The number of nitrogens with zero attached hydrogens (tertiary/aromatic N) is 2. The van der Waals surface area contributed by atoms with Crippen molar-refractivity contribution in [1.29, 1.82) is 0 Å². The number of Topliss-reactive ketones (excluding diaryl/α,β-unsaturated/α-hetero) is 1. The molecule has 0 N–H and O–H groups in total. The van der Waals surface area contributed by atoms with Crippen molar-refractivity contribution >= 4 is 16.7 Å². The number of hydrogen-bond acceptors (Lipinski definition) is 3. The van der Waals surface area contributed by atoms with Crippen LogP contribution in [0.1, 0.15) is 35.4 Å². The zero-order valence-electron chi connectivity index (χ0n) is 14.6. The lowest BCUT2D eigenvalue weighted by Gasteiger charge is -2.09. The average Bonchev–Trinajstić information content (AvgIpc) is 2.82. The van der Waals surface area contributed by atoms with E-state index in [4.69, 9.17) is 0 Å². The first kappa shape index (κ1) is 16.3. The molecule has 0 bridgehead atoms. The highest BCUT2D eigenvalue weighted by Crippen LogP contribution is 2.15. The number of carbonyl (C=O) groups is 1. The fourth-order valence-electron chi connectivity index (χ4n) is 3.25. The van der Waals surface area contributed by atoms with Crippen LogP contribution in [0.3, 0.4) is 0 Å². The topological polar surface area (TPSA) is 52.0 Å². The lowest BCUT2D eigenvalue weighted by molar-refractivity contribution is -0.119. The van der Waals surface area contributed by atoms with Gasteiger partial charge in [-0.2, -0.15) is 0 Å². The minimum Gasteiger partial charge on any atom is -0.300 e. The molecule has 0 aliphatic carbocycles. The summed E-state index contributed by atoms with van der Waals surface area (Å²) >= 11 is 0. The van der Waals surface area contributed by atoms with E-state index in [1.807, 2.05) is 43.3 Å². The van der Waals surface area contributed by atoms with Gasteiger partial charge in [-0.15, -0.1) is 0 Å². The maximum absolute atomic E-state index is 12.7. The maximum atomic E-state index is 12.7. The molecule has 0 atom stereocenters. The van der Waals surface area contributed by atoms with E-state index in [0.29, 0.717) is 42.5 Å². The summed E-state index contributed by atoms with van der Waals surface area (Å²) in [5.41, 5.74) is 3.52. The first-order chi connectivity index (χ1) is 12.6. The highest BCUT2D eigenvalue weighted by Gasteiger charge is 2.17. The lowest BCUT2D eigenvalue weighted by atomic mass is 10.1. The van der Waals surface area contributed by atoms with Gasteiger partial charge in [0.15, 0.2) is 0 Å². The fraction of sp³-hybridized carbons (Fsp3) is 0.227. The fourth-order valence-corrected chi connectivity index (χ4v) is 3.25. The van der Waals surface area contributed by atoms with Gasteiger partial charge in [0, 0.05) is 36.9 Å². The summed E-state index contributed by atoms with van der Waals surface area (Å²) in [4.78, 5) is 29.1. The van der Waals surface area contributed by atoms with Gasteiger partial charge in [-0.3, -0.25) is 14.2 Å². The summed E-state index contributed by atoms with van der Waals surface area (Å²) in [5.74, 6) is 7.18. The molecule has 1 aromatic heterocycles. The third-order valence-electron chi connectivity index (χ3n) is 4.65. The van der Waals surface area contributed by atoms with Crippen molar-refractivity contribution in [3.63, 3.8) is 0 Å². The Balaban J connectivity index is 1.77. The Morgan fingerprint density at radius 2 is 1.77 bits per heavy atom. The summed E-state index contributed by atoms with van der Waals surface area (Å²) in [6.45, 7) is 2.46. The van der Waals surface area contributed by atoms with Crippen molar-refractivity contribution in [1.82, 2.24) is 9.55 Å². The van der Waals surface area contributed by atoms with Crippen molar-refractivity contribution in [2.24, 2.45) is 0 Å². The summed E-state index contributed by atoms with van der Waals surface area (Å²) in [5, 5.41) is 0.573. The van der Waals surface area contributed by atoms with E-state index in [9.17, 15) is 9.59 Å². The van der Waals surface area contributed by atoms with Crippen LogP contribution in [0.5, 0.6) is 0 Å². The van der Waals surface area contributed by atoms with Crippen LogP contribution in [-0.2, 0) is 17.8 Å². The first-order valence-electron chi connectivity index (χ1n) is 8.74. The molecule has 2 heterocycles. The highest BCUT2D eigenvalue weighted by atomic mass is 16.1. The molecule has 0 saturated heterocycles. The summed E-state index contributed by atoms with van der Waals surface area (Å²) < 4.78 is 1.64. The number of fused-ring (bicyclic) bond motifs is 2. The third kappa shape index (κ3) is 3.16. The van der Waals surface area contributed by atoms with E-state index in [1.165, 1.54) is 5.56 Å². The third-order valence-corrected chi connectivity index (χ3v) is 4.65. The van der Waals surface area contributed by atoms with Crippen LogP contribution in [0.4, 0.5) is 0 Å². The molecule has 0 amide bonds. The van der Waals surface area contributed by atoms with Gasteiger partial charge in [0.1, 0.15) is 11.6 Å². The molecule has 128 valence electrons. The van der Waals surface area contributed by atoms with Crippen LogP contribution >= 0.6 is 0 Å². The Morgan fingerprint density at radius 3 is 2.58 bits per heavy atom. The SMILES string of the molecule is Cc1cccc(C#Cc2ccc3c(=O)n4c(nc3c2)CCC(=O)CC4)c1. The predicted octanol–water partition coefficient (Wildman–Crippen LogP) is 3.01. The van der Waals surface area contributed by atoms with Crippen molar-refractivity contribution in [3.05, 3.63) is 75.3 Å². The van der Waals surface area contributed by atoms with Gasteiger partial charge in [0.05, 0.1) is 10.9 Å². The van der Waals surface area contributed by atoms with Crippen molar-refractivity contribution in [3.8, 4) is 11.8 Å². The second-order valence-corrected chi connectivity index (χ2v) is 6.62. The molecule has 1 aliphatic rings. The predicted molar refractivity (Wildman–Crippen MR) is 101 cm³/mol. The normalized spacial score (nSPS) is 13.7. The molecule has 0 radical (unpaired) electrons. The number of aromatic nitrogens is 2. The van der Waals surface area contributed by atoms with Gasteiger partial charge in [-0.05, 0) is 42.8 Å². The molecular weight excluding hydrogens is 324 g/mol. The zero-order valence-corrected chi connectivity index (χ0v) is 14.6. The summed E-state index contributed by atoms with van der Waals surface area (Å²) in [6, 6.07) is 13.5. The molecule has 1 aliphatic heterocycles. The molecule has 3 aromatic rings. The van der Waals surface area contributed by atoms with Gasteiger partial charge >= 0.3 is 0 Å². The molecule has 2 aromatic carbocycles. The van der Waals surface area contributed by atoms with E-state index in [1.54, 1.807) is 10.6 Å². The second kappa shape index (κ2) is 6.61. The van der Waals surface area contributed by atoms with Gasteiger partial charge in [0.25, 0.3) is 5.56 Å². The minimum absolute atomic E-state index is 0.0714. The van der Waals surface area contributed by atoms with E-state index in [0.717, 1.165) is 11.1 Å². The van der Waals surface area contributed by atoms with E-state index >= 15 is 0 Å². The largest absolute Gasteiger partial charge is 0.300 e. The number of carbonyl (C=O) groups excluding carboxylic acids is 1. The van der Waals surface area contributed by atoms with Crippen LogP contribution in [0.2, 0.25) is 0 Å². The Morgan fingerprint density at radius 1 is 0.962 bits per heavy atom. The Kier molecular flexibility index (Phi) is 4.14.